The van der Waals surface area contributed by atoms with Gasteiger partial charge in [0.2, 0.25) is 0 Å². The Morgan fingerprint density at radius 1 is 1.25 bits per heavy atom. The fourth-order valence-electron chi connectivity index (χ4n) is 2.02. The molecule has 0 saturated carbocycles. The van der Waals surface area contributed by atoms with Crippen molar-refractivity contribution in [3.05, 3.63) is 57.0 Å². The summed E-state index contributed by atoms with van der Waals surface area (Å²) in [6.07, 6.45) is 2.68. The number of nitrogens with one attached hydrogen (secondary N) is 1. The molecule has 0 radical (unpaired) electrons. The van der Waals surface area contributed by atoms with Crippen LogP contribution < -0.4 is 14.9 Å². The normalized spacial score (nSPS) is 10.8. The zero-order valence-electron chi connectivity index (χ0n) is 13.7. The lowest BCUT2D eigenvalue weighted by molar-refractivity contribution is 0.292. The fourth-order valence-corrected chi connectivity index (χ4v) is 2.72. The van der Waals surface area contributed by atoms with Crippen molar-refractivity contribution in [1.82, 2.24) is 5.43 Å². The largest absolute Gasteiger partial charge is 0.493 e. The second-order valence-corrected chi connectivity index (χ2v) is 6.39. The molecule has 0 aromatic heterocycles. The molecule has 0 spiro atoms. The molecule has 0 aliphatic carbocycles. The highest BCUT2D eigenvalue weighted by Crippen LogP contribution is 2.36. The van der Waals surface area contributed by atoms with Crippen molar-refractivity contribution in [2.75, 3.05) is 13.7 Å². The van der Waals surface area contributed by atoms with Crippen LogP contribution >= 0.6 is 27.5 Å². The Morgan fingerprint density at radius 3 is 2.67 bits per heavy atom. The first kappa shape index (κ1) is 18.6. The first-order valence-corrected chi connectivity index (χ1v) is 8.81. The number of halogens is 2. The SMILES string of the molecule is CCCOc1c(Br)cc(/C=N\NCc2ccc(Cl)cc2)cc1OC. The van der Waals surface area contributed by atoms with Crippen molar-refractivity contribution >= 4 is 33.7 Å². The van der Waals surface area contributed by atoms with Crippen LogP contribution in [0.3, 0.4) is 0 Å². The van der Waals surface area contributed by atoms with E-state index in [-0.39, 0.29) is 0 Å². The van der Waals surface area contributed by atoms with Gasteiger partial charge in [0.15, 0.2) is 11.5 Å². The third kappa shape index (κ3) is 5.42. The lowest BCUT2D eigenvalue weighted by Gasteiger charge is -2.12. The van der Waals surface area contributed by atoms with Crippen LogP contribution in [0.1, 0.15) is 24.5 Å². The zero-order valence-corrected chi connectivity index (χ0v) is 16.0. The summed E-state index contributed by atoms with van der Waals surface area (Å²) in [5.41, 5.74) is 5.03. The molecule has 2 rings (SSSR count). The Balaban J connectivity index is 2.00. The van der Waals surface area contributed by atoms with Gasteiger partial charge in [-0.2, -0.15) is 5.10 Å². The van der Waals surface area contributed by atoms with Gasteiger partial charge in [0.25, 0.3) is 0 Å². The molecule has 4 nitrogen and oxygen atoms in total. The molecule has 1 N–H and O–H groups in total. The maximum absolute atomic E-state index is 5.86. The molecule has 0 unspecified atom stereocenters. The van der Waals surface area contributed by atoms with Gasteiger partial charge < -0.3 is 14.9 Å². The maximum Gasteiger partial charge on any atom is 0.175 e. The topological polar surface area (TPSA) is 42.8 Å². The molecule has 0 aliphatic rings. The molecule has 24 heavy (non-hydrogen) atoms. The van der Waals surface area contributed by atoms with E-state index in [4.69, 9.17) is 21.1 Å². The number of ether oxygens (including phenoxy) is 2. The zero-order chi connectivity index (χ0) is 17.4. The fraction of sp³-hybridized carbons (Fsp3) is 0.278. The van der Waals surface area contributed by atoms with E-state index in [9.17, 15) is 0 Å². The van der Waals surface area contributed by atoms with Gasteiger partial charge in [0.05, 0.1) is 30.9 Å². The van der Waals surface area contributed by atoms with Crippen molar-refractivity contribution in [1.29, 1.82) is 0 Å². The van der Waals surface area contributed by atoms with Crippen LogP contribution in [-0.2, 0) is 6.54 Å². The van der Waals surface area contributed by atoms with Gasteiger partial charge >= 0.3 is 0 Å². The standard InChI is InChI=1S/C18H20BrClN2O2/c1-3-8-24-18-16(19)9-14(10-17(18)23-2)12-22-21-11-13-4-6-15(20)7-5-13/h4-7,9-10,12,21H,3,8,11H2,1-2H3/b22-12-. The van der Waals surface area contributed by atoms with Crippen molar-refractivity contribution in [3.63, 3.8) is 0 Å². The summed E-state index contributed by atoms with van der Waals surface area (Å²) in [6, 6.07) is 11.5. The van der Waals surface area contributed by atoms with E-state index < -0.39 is 0 Å². The molecule has 0 bridgehead atoms. The average molecular weight is 412 g/mol. The molecule has 128 valence electrons. The summed E-state index contributed by atoms with van der Waals surface area (Å²) in [5.74, 6) is 1.39. The van der Waals surface area contributed by atoms with E-state index in [1.807, 2.05) is 36.4 Å². The van der Waals surface area contributed by atoms with Crippen LogP contribution in [0.15, 0.2) is 46.0 Å². The monoisotopic (exact) mass is 410 g/mol. The first-order valence-electron chi connectivity index (χ1n) is 7.64. The lowest BCUT2D eigenvalue weighted by Crippen LogP contribution is -2.05. The van der Waals surface area contributed by atoms with Crippen LogP contribution in [0.25, 0.3) is 0 Å². The minimum absolute atomic E-state index is 0.629. The molecule has 0 saturated heterocycles. The third-order valence-electron chi connectivity index (χ3n) is 3.20. The summed E-state index contributed by atoms with van der Waals surface area (Å²) in [6.45, 7) is 3.34. The molecule has 0 amide bonds. The van der Waals surface area contributed by atoms with Gasteiger partial charge in [-0.05, 0) is 57.7 Å². The van der Waals surface area contributed by atoms with E-state index in [0.29, 0.717) is 24.7 Å². The van der Waals surface area contributed by atoms with Gasteiger partial charge in [0, 0.05) is 5.02 Å². The van der Waals surface area contributed by atoms with Gasteiger partial charge in [-0.25, -0.2) is 0 Å². The summed E-state index contributed by atoms with van der Waals surface area (Å²) >= 11 is 9.39. The van der Waals surface area contributed by atoms with E-state index in [1.54, 1.807) is 13.3 Å². The maximum atomic E-state index is 5.86. The number of nitrogens with zero attached hydrogens (tertiary/aromatic N) is 1. The number of methoxy groups -OCH3 is 1. The van der Waals surface area contributed by atoms with Crippen molar-refractivity contribution in [3.8, 4) is 11.5 Å². The quantitative estimate of drug-likeness (QED) is 0.490. The summed E-state index contributed by atoms with van der Waals surface area (Å²) < 4.78 is 12.0. The molecular formula is C18H20BrClN2O2. The smallest absolute Gasteiger partial charge is 0.175 e. The highest BCUT2D eigenvalue weighted by Gasteiger charge is 2.10. The summed E-state index contributed by atoms with van der Waals surface area (Å²) in [5, 5.41) is 4.97. The van der Waals surface area contributed by atoms with Crippen molar-refractivity contribution in [2.24, 2.45) is 5.10 Å². The number of hydrogen-bond donors (Lipinski definition) is 1. The van der Waals surface area contributed by atoms with E-state index in [2.05, 4.69) is 33.4 Å². The molecule has 0 fully saturated rings. The van der Waals surface area contributed by atoms with Gasteiger partial charge in [-0.1, -0.05) is 30.7 Å². The van der Waals surface area contributed by atoms with Crippen molar-refractivity contribution < 1.29 is 9.47 Å². The van der Waals surface area contributed by atoms with Gasteiger partial charge in [0.1, 0.15) is 0 Å². The van der Waals surface area contributed by atoms with Gasteiger partial charge in [-0.3, -0.25) is 0 Å². The van der Waals surface area contributed by atoms with E-state index in [0.717, 1.165) is 27.0 Å². The first-order chi connectivity index (χ1) is 11.6. The molecule has 0 atom stereocenters. The van der Waals surface area contributed by atoms with Crippen LogP contribution in [0, 0.1) is 0 Å². The second-order valence-electron chi connectivity index (χ2n) is 5.10. The number of hydrazone groups is 1. The Hall–Kier alpha value is -1.72. The number of rotatable bonds is 8. The van der Waals surface area contributed by atoms with E-state index in [1.165, 1.54) is 0 Å². The van der Waals surface area contributed by atoms with Crippen LogP contribution in [-0.4, -0.2) is 19.9 Å². The minimum atomic E-state index is 0.629. The predicted octanol–water partition coefficient (Wildman–Crippen LogP) is 5.02. The van der Waals surface area contributed by atoms with Crippen molar-refractivity contribution in [2.45, 2.75) is 19.9 Å². The second kappa shape index (κ2) is 9.55. The Bertz CT molecular complexity index is 690. The number of benzene rings is 2. The molecule has 2 aromatic rings. The molecule has 0 heterocycles. The van der Waals surface area contributed by atoms with Crippen LogP contribution in [0.5, 0.6) is 11.5 Å². The highest BCUT2D eigenvalue weighted by atomic mass is 79.9. The van der Waals surface area contributed by atoms with Gasteiger partial charge in [-0.15, -0.1) is 0 Å². The lowest BCUT2D eigenvalue weighted by atomic mass is 10.2. The third-order valence-corrected chi connectivity index (χ3v) is 4.04. The Kier molecular flexibility index (Phi) is 7.40. The molecular weight excluding hydrogens is 392 g/mol. The molecule has 6 heteroatoms. The van der Waals surface area contributed by atoms with Crippen LogP contribution in [0.2, 0.25) is 5.02 Å². The molecule has 2 aromatic carbocycles. The predicted molar refractivity (Wildman–Crippen MR) is 102 cm³/mol. The Labute approximate surface area is 155 Å². The van der Waals surface area contributed by atoms with E-state index >= 15 is 0 Å². The van der Waals surface area contributed by atoms with Crippen LogP contribution in [0.4, 0.5) is 0 Å². The average Bonchev–Trinajstić information content (AvgIpc) is 2.59. The molecule has 0 aliphatic heterocycles. The number of hydrogen-bond acceptors (Lipinski definition) is 4. The minimum Gasteiger partial charge on any atom is -0.493 e. The summed E-state index contributed by atoms with van der Waals surface area (Å²) in [4.78, 5) is 0. The summed E-state index contributed by atoms with van der Waals surface area (Å²) in [7, 11) is 1.63. The highest BCUT2D eigenvalue weighted by molar-refractivity contribution is 9.10. The Morgan fingerprint density at radius 2 is 2.00 bits per heavy atom.